The smallest absolute Gasteiger partial charge is 0.0961 e. The molecule has 0 aliphatic rings. The summed E-state index contributed by atoms with van der Waals surface area (Å²) in [5, 5.41) is 1.15. The molecule has 0 atom stereocenters. The first kappa shape index (κ1) is 9.84. The molecule has 0 saturated heterocycles. The Hall–Kier alpha value is -1.70. The zero-order valence-corrected chi connectivity index (χ0v) is 9.07. The zero-order valence-electron chi connectivity index (χ0n) is 9.07. The van der Waals surface area contributed by atoms with Gasteiger partial charge in [0, 0.05) is 17.8 Å². The Morgan fingerprint density at radius 2 is 2.20 bits per heavy atom. The molecule has 15 heavy (non-hydrogen) atoms. The van der Waals surface area contributed by atoms with E-state index >= 15 is 0 Å². The maximum atomic E-state index is 4.42. The Kier molecular flexibility index (Phi) is 2.77. The monoisotopic (exact) mass is 198 g/mol. The van der Waals surface area contributed by atoms with Gasteiger partial charge in [-0.25, -0.2) is 0 Å². The van der Waals surface area contributed by atoms with Crippen molar-refractivity contribution in [3.05, 3.63) is 36.0 Å². The number of fused-ring (bicyclic) bond motifs is 1. The number of rotatable bonds is 2. The van der Waals surface area contributed by atoms with Gasteiger partial charge in [0.05, 0.1) is 11.2 Å². The van der Waals surface area contributed by atoms with Crippen LogP contribution in [0.25, 0.3) is 10.9 Å². The summed E-state index contributed by atoms with van der Waals surface area (Å²) in [6, 6.07) is 8.26. The first-order valence-corrected chi connectivity index (χ1v) is 5.22. The quantitative estimate of drug-likeness (QED) is 0.678. The highest BCUT2D eigenvalue weighted by molar-refractivity contribution is 5.91. The van der Waals surface area contributed by atoms with Crippen LogP contribution in [0.5, 0.6) is 0 Å². The van der Waals surface area contributed by atoms with Crippen molar-refractivity contribution in [3.8, 4) is 0 Å². The van der Waals surface area contributed by atoms with Crippen LogP contribution in [0.2, 0.25) is 0 Å². The van der Waals surface area contributed by atoms with E-state index in [1.54, 1.807) is 0 Å². The van der Waals surface area contributed by atoms with Crippen molar-refractivity contribution in [3.63, 3.8) is 0 Å². The number of aryl methyl sites for hydroxylation is 1. The molecule has 1 aromatic heterocycles. The van der Waals surface area contributed by atoms with Crippen LogP contribution in [0.4, 0.5) is 5.69 Å². The highest BCUT2D eigenvalue weighted by Gasteiger charge is 2.05. The third-order valence-corrected chi connectivity index (χ3v) is 2.47. The molecule has 1 aromatic carbocycles. The molecule has 2 aromatic rings. The van der Waals surface area contributed by atoms with E-state index in [0.717, 1.165) is 23.0 Å². The molecular weight excluding hydrogens is 184 g/mol. The number of aromatic nitrogens is 1. The Morgan fingerprint density at radius 1 is 1.33 bits per heavy atom. The van der Waals surface area contributed by atoms with Gasteiger partial charge in [-0.05, 0) is 25.0 Å². The third kappa shape index (κ3) is 1.75. The van der Waals surface area contributed by atoms with Crippen LogP contribution < -0.4 is 0 Å². The van der Waals surface area contributed by atoms with E-state index in [4.69, 9.17) is 0 Å². The lowest BCUT2D eigenvalue weighted by molar-refractivity contribution is 1.14. The maximum Gasteiger partial charge on any atom is 0.0961 e. The summed E-state index contributed by atoms with van der Waals surface area (Å²) in [6.07, 6.45) is 4.62. The predicted molar refractivity (Wildman–Crippen MR) is 64.9 cm³/mol. The van der Waals surface area contributed by atoms with E-state index in [0.29, 0.717) is 0 Å². The summed E-state index contributed by atoms with van der Waals surface area (Å²) in [5.41, 5.74) is 3.26. The maximum absolute atomic E-state index is 4.42. The number of nitrogens with zero attached hydrogens (tertiary/aromatic N) is 2. The molecule has 0 N–H and O–H groups in total. The highest BCUT2D eigenvalue weighted by atomic mass is 14.8. The molecule has 76 valence electrons. The van der Waals surface area contributed by atoms with Crippen LogP contribution in [-0.2, 0) is 6.42 Å². The fraction of sp³-hybridized carbons (Fsp3) is 0.231. The highest BCUT2D eigenvalue weighted by Crippen LogP contribution is 2.28. The number of benzene rings is 1. The minimum absolute atomic E-state index is 0.985. The van der Waals surface area contributed by atoms with Gasteiger partial charge in [0.1, 0.15) is 0 Å². The van der Waals surface area contributed by atoms with E-state index in [1.165, 1.54) is 5.56 Å². The van der Waals surface area contributed by atoms with Gasteiger partial charge in [-0.15, -0.1) is 0 Å². The second-order valence-corrected chi connectivity index (χ2v) is 3.39. The lowest BCUT2D eigenvalue weighted by atomic mass is 10.1. The van der Waals surface area contributed by atoms with Crippen LogP contribution in [-0.4, -0.2) is 11.2 Å². The van der Waals surface area contributed by atoms with Crippen molar-refractivity contribution in [1.82, 2.24) is 4.98 Å². The SMILES string of the molecule is CC=Nc1c(CC)ccc2cccnc12. The molecule has 0 aliphatic heterocycles. The van der Waals surface area contributed by atoms with Gasteiger partial charge in [0.15, 0.2) is 0 Å². The standard InChI is InChI=1S/C13H14N2/c1-3-10-7-8-11-6-5-9-15-13(11)12(10)14-4-2/h4-9H,3H2,1-2H3. The molecule has 0 fully saturated rings. The molecule has 0 radical (unpaired) electrons. The molecule has 0 bridgehead atoms. The van der Waals surface area contributed by atoms with Crippen molar-refractivity contribution in [1.29, 1.82) is 0 Å². The van der Waals surface area contributed by atoms with Crippen molar-refractivity contribution in [2.45, 2.75) is 20.3 Å². The molecule has 0 amide bonds. The number of pyridine rings is 1. The molecule has 2 heteroatoms. The normalized spacial score (nSPS) is 11.3. The fourth-order valence-electron chi connectivity index (χ4n) is 1.73. The van der Waals surface area contributed by atoms with Gasteiger partial charge in [0.25, 0.3) is 0 Å². The molecule has 2 nitrogen and oxygen atoms in total. The van der Waals surface area contributed by atoms with Gasteiger partial charge in [0.2, 0.25) is 0 Å². The van der Waals surface area contributed by atoms with Crippen molar-refractivity contribution in [2.75, 3.05) is 0 Å². The van der Waals surface area contributed by atoms with Crippen LogP contribution in [0.15, 0.2) is 35.5 Å². The Labute approximate surface area is 89.7 Å². The largest absolute Gasteiger partial charge is 0.259 e. The van der Waals surface area contributed by atoms with Crippen LogP contribution in [0, 0.1) is 0 Å². The molecule has 2 rings (SSSR count). The van der Waals surface area contributed by atoms with E-state index in [-0.39, 0.29) is 0 Å². The van der Waals surface area contributed by atoms with E-state index in [1.807, 2.05) is 25.4 Å². The van der Waals surface area contributed by atoms with Crippen LogP contribution in [0.1, 0.15) is 19.4 Å². The third-order valence-electron chi connectivity index (χ3n) is 2.47. The van der Waals surface area contributed by atoms with Gasteiger partial charge in [-0.2, -0.15) is 0 Å². The van der Waals surface area contributed by atoms with Gasteiger partial charge in [-0.3, -0.25) is 9.98 Å². The van der Waals surface area contributed by atoms with Crippen molar-refractivity contribution < 1.29 is 0 Å². The number of hydrogen-bond acceptors (Lipinski definition) is 2. The summed E-state index contributed by atoms with van der Waals surface area (Å²) in [5.74, 6) is 0. The van der Waals surface area contributed by atoms with E-state index in [9.17, 15) is 0 Å². The summed E-state index contributed by atoms with van der Waals surface area (Å²) in [4.78, 5) is 8.81. The van der Waals surface area contributed by atoms with Crippen LogP contribution in [0.3, 0.4) is 0 Å². The van der Waals surface area contributed by atoms with E-state index in [2.05, 4.69) is 35.1 Å². The first-order chi connectivity index (χ1) is 7.36. The average molecular weight is 198 g/mol. The van der Waals surface area contributed by atoms with Gasteiger partial charge < -0.3 is 0 Å². The molecule has 0 aliphatic carbocycles. The van der Waals surface area contributed by atoms with Crippen molar-refractivity contribution >= 4 is 22.8 Å². The van der Waals surface area contributed by atoms with Crippen LogP contribution >= 0.6 is 0 Å². The van der Waals surface area contributed by atoms with Gasteiger partial charge >= 0.3 is 0 Å². The Morgan fingerprint density at radius 3 is 2.93 bits per heavy atom. The second-order valence-electron chi connectivity index (χ2n) is 3.39. The second kappa shape index (κ2) is 4.22. The summed E-state index contributed by atoms with van der Waals surface area (Å²) in [7, 11) is 0. The molecule has 0 spiro atoms. The Bertz CT molecular complexity index is 501. The molecular formula is C13H14N2. The predicted octanol–water partition coefficient (Wildman–Crippen LogP) is 3.52. The molecule has 1 heterocycles. The minimum Gasteiger partial charge on any atom is -0.259 e. The molecule has 0 saturated carbocycles. The minimum atomic E-state index is 0.985. The van der Waals surface area contributed by atoms with Crippen molar-refractivity contribution in [2.24, 2.45) is 4.99 Å². The number of hydrogen-bond donors (Lipinski definition) is 0. The summed E-state index contributed by atoms with van der Waals surface area (Å²) >= 11 is 0. The summed E-state index contributed by atoms with van der Waals surface area (Å²) < 4.78 is 0. The lowest BCUT2D eigenvalue weighted by Gasteiger charge is -2.06. The average Bonchev–Trinajstić information content (AvgIpc) is 2.30. The first-order valence-electron chi connectivity index (χ1n) is 5.22. The zero-order chi connectivity index (χ0) is 10.7. The topological polar surface area (TPSA) is 25.2 Å². The van der Waals surface area contributed by atoms with Gasteiger partial charge in [-0.1, -0.05) is 25.1 Å². The Balaban J connectivity index is 2.78. The lowest BCUT2D eigenvalue weighted by Crippen LogP contribution is -1.86. The molecule has 0 unspecified atom stereocenters. The summed E-state index contributed by atoms with van der Waals surface area (Å²) in [6.45, 7) is 4.07. The van der Waals surface area contributed by atoms with E-state index < -0.39 is 0 Å². The number of aliphatic imine (C=N–C) groups is 1. The fourth-order valence-corrected chi connectivity index (χ4v) is 1.73.